The van der Waals surface area contributed by atoms with Crippen LogP contribution in [0.25, 0.3) is 0 Å². The van der Waals surface area contributed by atoms with Crippen molar-refractivity contribution in [2.45, 2.75) is 39.1 Å². The first-order valence-electron chi connectivity index (χ1n) is 8.10. The maximum Gasteiger partial charge on any atom is 0.387 e. The van der Waals surface area contributed by atoms with Gasteiger partial charge in [-0.3, -0.25) is 9.69 Å². The Labute approximate surface area is 140 Å². The minimum absolute atomic E-state index is 0.0195. The van der Waals surface area contributed by atoms with Crippen molar-refractivity contribution >= 4 is 5.91 Å². The van der Waals surface area contributed by atoms with E-state index >= 15 is 0 Å². The number of hydrogen-bond acceptors (Lipinski definition) is 4. The highest BCUT2D eigenvalue weighted by atomic mass is 19.3. The fraction of sp³-hybridized carbons (Fsp3) is 0.588. The van der Waals surface area contributed by atoms with Gasteiger partial charge in [-0.1, -0.05) is 12.1 Å². The van der Waals surface area contributed by atoms with Crippen LogP contribution in [0, 0.1) is 0 Å². The van der Waals surface area contributed by atoms with Crippen LogP contribution in [0.5, 0.6) is 5.75 Å². The number of benzene rings is 1. The van der Waals surface area contributed by atoms with Gasteiger partial charge >= 0.3 is 6.61 Å². The first-order chi connectivity index (χ1) is 11.4. The number of morpholine rings is 1. The highest BCUT2D eigenvalue weighted by molar-refractivity contribution is 5.78. The molecule has 1 amide bonds. The van der Waals surface area contributed by atoms with Gasteiger partial charge in [-0.05, 0) is 38.0 Å². The van der Waals surface area contributed by atoms with Gasteiger partial charge in [0.1, 0.15) is 5.75 Å². The lowest BCUT2D eigenvalue weighted by molar-refractivity contribution is -0.125. The van der Waals surface area contributed by atoms with Crippen molar-refractivity contribution in [3.8, 4) is 5.75 Å². The predicted octanol–water partition coefficient (Wildman–Crippen LogP) is 2.06. The second kappa shape index (κ2) is 8.94. The van der Waals surface area contributed by atoms with Gasteiger partial charge in [-0.2, -0.15) is 8.78 Å². The van der Waals surface area contributed by atoms with E-state index in [-0.39, 0.29) is 23.9 Å². The monoisotopic (exact) mass is 342 g/mol. The van der Waals surface area contributed by atoms with E-state index in [1.807, 2.05) is 13.8 Å². The molecule has 1 N–H and O–H groups in total. The minimum atomic E-state index is -2.82. The Balaban J connectivity index is 1.68. The zero-order chi connectivity index (χ0) is 17.5. The molecule has 0 saturated carbocycles. The summed E-state index contributed by atoms with van der Waals surface area (Å²) in [4.78, 5) is 14.1. The molecule has 5 nitrogen and oxygen atoms in total. The van der Waals surface area contributed by atoms with Crippen molar-refractivity contribution in [3.05, 3.63) is 29.8 Å². The normalized spacial score (nSPS) is 21.7. The number of hydrogen-bond donors (Lipinski definition) is 1. The van der Waals surface area contributed by atoms with Gasteiger partial charge in [0, 0.05) is 19.6 Å². The molecule has 2 unspecified atom stereocenters. The Hall–Kier alpha value is -1.73. The van der Waals surface area contributed by atoms with Crippen LogP contribution >= 0.6 is 0 Å². The number of carbonyl (C=O) groups is 1. The van der Waals surface area contributed by atoms with Crippen LogP contribution in [0.15, 0.2) is 24.3 Å². The van der Waals surface area contributed by atoms with Crippen LogP contribution in [0.3, 0.4) is 0 Å². The van der Waals surface area contributed by atoms with E-state index in [9.17, 15) is 13.6 Å². The van der Waals surface area contributed by atoms with Gasteiger partial charge in [0.25, 0.3) is 0 Å². The van der Waals surface area contributed by atoms with Crippen molar-refractivity contribution < 1.29 is 23.0 Å². The number of rotatable bonds is 7. The Morgan fingerprint density at radius 2 is 1.92 bits per heavy atom. The Morgan fingerprint density at radius 3 is 2.50 bits per heavy atom. The second-order valence-electron chi connectivity index (χ2n) is 6.07. The summed E-state index contributed by atoms with van der Waals surface area (Å²) < 4.78 is 34.1. The topological polar surface area (TPSA) is 50.8 Å². The maximum absolute atomic E-state index is 12.1. The van der Waals surface area contributed by atoms with Gasteiger partial charge < -0.3 is 14.8 Å². The summed E-state index contributed by atoms with van der Waals surface area (Å²) in [6.07, 6.45) is 0.905. The summed E-state index contributed by atoms with van der Waals surface area (Å²) >= 11 is 0. The van der Waals surface area contributed by atoms with E-state index in [1.165, 1.54) is 12.1 Å². The van der Waals surface area contributed by atoms with Crippen LogP contribution in [-0.2, 0) is 16.0 Å². The lowest BCUT2D eigenvalue weighted by Crippen LogP contribution is -2.49. The van der Waals surface area contributed by atoms with E-state index in [0.717, 1.165) is 18.7 Å². The smallest absolute Gasteiger partial charge is 0.387 e. The molecule has 0 aliphatic carbocycles. The van der Waals surface area contributed by atoms with E-state index < -0.39 is 6.61 Å². The third-order valence-corrected chi connectivity index (χ3v) is 3.75. The molecule has 2 rings (SSSR count). The standard InChI is InChI=1S/C17H24F2N2O3/c1-12-9-21(10-13(2)23-12)11-16(22)20-8-7-14-3-5-15(6-4-14)24-17(18)19/h3-6,12-13,17H,7-11H2,1-2H3,(H,20,22). The van der Waals surface area contributed by atoms with E-state index in [1.54, 1.807) is 12.1 Å². The number of alkyl halides is 2. The molecule has 1 heterocycles. The molecule has 1 saturated heterocycles. The third-order valence-electron chi connectivity index (χ3n) is 3.75. The molecule has 2 atom stereocenters. The zero-order valence-corrected chi connectivity index (χ0v) is 14.0. The summed E-state index contributed by atoms with van der Waals surface area (Å²) in [5.41, 5.74) is 0.950. The first kappa shape index (κ1) is 18.6. The largest absolute Gasteiger partial charge is 0.435 e. The van der Waals surface area contributed by atoms with Crippen LogP contribution in [0.1, 0.15) is 19.4 Å². The van der Waals surface area contributed by atoms with E-state index in [0.29, 0.717) is 19.5 Å². The fourth-order valence-corrected chi connectivity index (χ4v) is 2.86. The molecule has 1 aliphatic rings. The average molecular weight is 342 g/mol. The third kappa shape index (κ3) is 6.41. The summed E-state index contributed by atoms with van der Waals surface area (Å²) in [5.74, 6) is 0.113. The van der Waals surface area contributed by atoms with Crippen LogP contribution in [-0.4, -0.2) is 55.8 Å². The molecule has 24 heavy (non-hydrogen) atoms. The summed E-state index contributed by atoms with van der Waals surface area (Å²) in [6, 6.07) is 6.43. The molecule has 0 radical (unpaired) electrons. The van der Waals surface area contributed by atoms with Crippen molar-refractivity contribution in [1.29, 1.82) is 0 Å². The SMILES string of the molecule is CC1CN(CC(=O)NCCc2ccc(OC(F)F)cc2)CC(C)O1. The van der Waals surface area contributed by atoms with Crippen LogP contribution in [0.2, 0.25) is 0 Å². The molecule has 134 valence electrons. The first-order valence-corrected chi connectivity index (χ1v) is 8.10. The number of nitrogens with zero attached hydrogens (tertiary/aromatic N) is 1. The number of ether oxygens (including phenoxy) is 2. The molecule has 1 aromatic carbocycles. The summed E-state index contributed by atoms with van der Waals surface area (Å²) in [6.45, 7) is 3.56. The zero-order valence-electron chi connectivity index (χ0n) is 14.0. The predicted molar refractivity (Wildman–Crippen MR) is 86.2 cm³/mol. The molecule has 0 bridgehead atoms. The summed E-state index contributed by atoms with van der Waals surface area (Å²) in [5, 5.41) is 2.88. The lowest BCUT2D eigenvalue weighted by atomic mass is 10.1. The van der Waals surface area contributed by atoms with Crippen LogP contribution < -0.4 is 10.1 Å². The quantitative estimate of drug-likeness (QED) is 0.824. The number of amides is 1. The summed E-state index contributed by atoms with van der Waals surface area (Å²) in [7, 11) is 0. The van der Waals surface area contributed by atoms with Crippen molar-refractivity contribution in [3.63, 3.8) is 0 Å². The van der Waals surface area contributed by atoms with Gasteiger partial charge in [0.05, 0.1) is 18.8 Å². The lowest BCUT2D eigenvalue weighted by Gasteiger charge is -2.34. The minimum Gasteiger partial charge on any atom is -0.435 e. The Bertz CT molecular complexity index is 515. The average Bonchev–Trinajstić information content (AvgIpc) is 2.47. The fourth-order valence-electron chi connectivity index (χ4n) is 2.86. The Morgan fingerprint density at radius 1 is 1.29 bits per heavy atom. The molecule has 1 aromatic rings. The molecular weight excluding hydrogens is 318 g/mol. The van der Waals surface area contributed by atoms with Gasteiger partial charge in [-0.15, -0.1) is 0 Å². The molecular formula is C17H24F2N2O3. The number of halogens is 2. The van der Waals surface area contributed by atoms with Gasteiger partial charge in [0.2, 0.25) is 5.91 Å². The van der Waals surface area contributed by atoms with Gasteiger partial charge in [-0.25, -0.2) is 0 Å². The molecule has 1 fully saturated rings. The number of carbonyl (C=O) groups excluding carboxylic acids is 1. The second-order valence-corrected chi connectivity index (χ2v) is 6.07. The Kier molecular flexibility index (Phi) is 6.93. The van der Waals surface area contributed by atoms with E-state index in [2.05, 4.69) is 15.0 Å². The molecule has 0 aromatic heterocycles. The highest BCUT2D eigenvalue weighted by Gasteiger charge is 2.23. The van der Waals surface area contributed by atoms with E-state index in [4.69, 9.17) is 4.74 Å². The molecule has 7 heteroatoms. The van der Waals surface area contributed by atoms with Crippen molar-refractivity contribution in [2.24, 2.45) is 0 Å². The van der Waals surface area contributed by atoms with Crippen LogP contribution in [0.4, 0.5) is 8.78 Å². The van der Waals surface area contributed by atoms with Crippen molar-refractivity contribution in [1.82, 2.24) is 10.2 Å². The maximum atomic E-state index is 12.1. The molecule has 0 spiro atoms. The number of nitrogens with one attached hydrogen (secondary N) is 1. The molecule has 1 aliphatic heterocycles. The van der Waals surface area contributed by atoms with Gasteiger partial charge in [0.15, 0.2) is 0 Å². The highest BCUT2D eigenvalue weighted by Crippen LogP contribution is 2.15. The van der Waals surface area contributed by atoms with Crippen molar-refractivity contribution in [2.75, 3.05) is 26.2 Å².